The third-order valence-corrected chi connectivity index (χ3v) is 14.7. The standard InChI is InChI=1S/C59H65BN2O/c1-36-30-49-52-50(31-36)62(47-26-22-39(56(5,6)7)32-42(47)37-18-16-15-17-19-37)48-35-45-44(58(11,12)28-29-59(45,13)14)34-46(48)60(52)54-53(43-33-40(57(8,9)10)23-27-51(43)63-54)61(49)41-24-20-38(21-25-41)55(2,3)4/h15-27,30-35H,28-29H2,1-14H3/i1D3. The fourth-order valence-electron chi connectivity index (χ4n) is 10.7. The molecule has 6 aromatic carbocycles. The Morgan fingerprint density at radius 2 is 1.14 bits per heavy atom. The zero-order valence-electron chi connectivity index (χ0n) is 42.8. The van der Waals surface area contributed by atoms with Gasteiger partial charge >= 0.3 is 0 Å². The predicted octanol–water partition coefficient (Wildman–Crippen LogP) is 14.7. The maximum absolute atomic E-state index is 9.13. The number of hydrogen-bond acceptors (Lipinski definition) is 3. The van der Waals surface area contributed by atoms with Crippen molar-refractivity contribution in [3.63, 3.8) is 0 Å². The quantitative estimate of drug-likeness (QED) is 0.165. The van der Waals surface area contributed by atoms with Crippen LogP contribution in [0, 0.1) is 6.85 Å². The number of nitrogens with zero attached hydrogens (tertiary/aromatic N) is 2. The molecular weight excluding hydrogens is 763 g/mol. The predicted molar refractivity (Wildman–Crippen MR) is 272 cm³/mol. The van der Waals surface area contributed by atoms with Crippen LogP contribution < -0.4 is 26.4 Å². The molecule has 3 aliphatic rings. The minimum atomic E-state index is -2.40. The second kappa shape index (κ2) is 13.8. The fourth-order valence-corrected chi connectivity index (χ4v) is 10.7. The number of anilines is 6. The highest BCUT2D eigenvalue weighted by molar-refractivity contribution is 7.00. The molecule has 320 valence electrons. The Balaban J connectivity index is 1.39. The number of rotatable bonds is 3. The van der Waals surface area contributed by atoms with Gasteiger partial charge in [0.05, 0.1) is 17.0 Å². The largest absolute Gasteiger partial charge is 0.468 e. The first kappa shape index (κ1) is 38.0. The topological polar surface area (TPSA) is 19.6 Å². The smallest absolute Gasteiger partial charge is 0.297 e. The van der Waals surface area contributed by atoms with E-state index in [4.69, 9.17) is 8.53 Å². The third-order valence-electron chi connectivity index (χ3n) is 14.7. The Morgan fingerprint density at radius 3 is 1.76 bits per heavy atom. The summed E-state index contributed by atoms with van der Waals surface area (Å²) in [4.78, 5) is 4.74. The van der Waals surface area contributed by atoms with Crippen LogP contribution in [0.5, 0.6) is 0 Å². The van der Waals surface area contributed by atoms with Gasteiger partial charge in [-0.1, -0.05) is 151 Å². The van der Waals surface area contributed by atoms with Gasteiger partial charge in [0.25, 0.3) is 6.71 Å². The zero-order chi connectivity index (χ0) is 47.3. The van der Waals surface area contributed by atoms with Crippen LogP contribution in [-0.4, -0.2) is 6.71 Å². The Labute approximate surface area is 381 Å². The summed E-state index contributed by atoms with van der Waals surface area (Å²) in [6.45, 7) is 27.1. The summed E-state index contributed by atoms with van der Waals surface area (Å²) < 4.78 is 34.7. The van der Waals surface area contributed by atoms with Gasteiger partial charge in [0.1, 0.15) is 5.58 Å². The number of hydrogen-bond donors (Lipinski definition) is 0. The van der Waals surface area contributed by atoms with Gasteiger partial charge in [-0.3, -0.25) is 0 Å². The molecular formula is C59H65BN2O. The molecule has 0 fully saturated rings. The van der Waals surface area contributed by atoms with Crippen LogP contribution in [0.2, 0.25) is 0 Å². The summed E-state index contributed by atoms with van der Waals surface area (Å²) in [5.74, 6) is 0. The lowest BCUT2D eigenvalue weighted by Gasteiger charge is -2.47. The van der Waals surface area contributed by atoms with E-state index in [9.17, 15) is 0 Å². The third kappa shape index (κ3) is 6.60. The summed E-state index contributed by atoms with van der Waals surface area (Å²) in [6.07, 6.45) is 2.15. The van der Waals surface area contributed by atoms with Gasteiger partial charge in [-0.15, -0.1) is 0 Å². The molecule has 3 nitrogen and oxygen atoms in total. The number of aryl methyl sites for hydroxylation is 1. The van der Waals surface area contributed by atoms with Gasteiger partial charge < -0.3 is 14.2 Å². The lowest BCUT2D eigenvalue weighted by molar-refractivity contribution is 0.332. The van der Waals surface area contributed by atoms with Crippen molar-refractivity contribution in [2.45, 2.75) is 137 Å². The molecule has 0 amide bonds. The average Bonchev–Trinajstić information content (AvgIpc) is 3.62. The molecule has 0 atom stereocenters. The van der Waals surface area contributed by atoms with Crippen molar-refractivity contribution in [3.8, 4) is 11.1 Å². The number of fused-ring (bicyclic) bond motifs is 7. The molecule has 0 bridgehead atoms. The molecule has 4 heteroatoms. The van der Waals surface area contributed by atoms with Crippen molar-refractivity contribution in [1.29, 1.82) is 0 Å². The molecule has 1 aromatic heterocycles. The van der Waals surface area contributed by atoms with Crippen LogP contribution in [0.15, 0.2) is 120 Å². The van der Waals surface area contributed by atoms with Gasteiger partial charge in [-0.25, -0.2) is 0 Å². The Bertz CT molecular complexity index is 3080. The molecule has 0 spiro atoms. The summed E-state index contributed by atoms with van der Waals surface area (Å²) in [5, 5.41) is 1.02. The minimum Gasteiger partial charge on any atom is -0.468 e. The van der Waals surface area contributed by atoms with E-state index in [1.807, 2.05) is 12.1 Å². The first-order valence-electron chi connectivity index (χ1n) is 24.6. The van der Waals surface area contributed by atoms with E-state index in [1.54, 1.807) is 0 Å². The second-order valence-electron chi connectivity index (χ2n) is 23.2. The van der Waals surface area contributed by atoms with E-state index in [0.29, 0.717) is 5.56 Å². The van der Waals surface area contributed by atoms with E-state index in [1.165, 1.54) is 33.3 Å². The van der Waals surface area contributed by atoms with E-state index < -0.39 is 6.85 Å². The van der Waals surface area contributed by atoms with Gasteiger partial charge in [0.2, 0.25) is 0 Å². The van der Waals surface area contributed by atoms with E-state index >= 15 is 0 Å². The van der Waals surface area contributed by atoms with Crippen LogP contribution in [-0.2, 0) is 27.1 Å². The Hall–Kier alpha value is -5.48. The minimum absolute atomic E-state index is 0.0499. The Morgan fingerprint density at radius 1 is 0.571 bits per heavy atom. The van der Waals surface area contributed by atoms with E-state index in [2.05, 4.69) is 203 Å². The SMILES string of the molecule is [2H]C([2H])([2H])c1cc2c3c(c1)N(c1ccc(C(C)(C)C)cc1)c1c(oc4ccc(C(C)(C)C)cc14)B3c1cc3c(cc1N2c1ccc(C(C)(C)C)cc1-c1ccccc1)C(C)(C)CCC3(C)C. The highest BCUT2D eigenvalue weighted by atomic mass is 16.3. The highest BCUT2D eigenvalue weighted by Gasteiger charge is 2.49. The zero-order valence-corrected chi connectivity index (χ0v) is 39.8. The normalized spacial score (nSPS) is 17.3. The lowest BCUT2D eigenvalue weighted by atomic mass is 9.35. The fraction of sp³-hybridized carbons (Fsp3) is 0.356. The van der Waals surface area contributed by atoms with Crippen molar-refractivity contribution in [3.05, 3.63) is 149 Å². The van der Waals surface area contributed by atoms with Gasteiger partial charge in [-0.05, 0) is 151 Å². The molecule has 0 radical (unpaired) electrons. The van der Waals surface area contributed by atoms with Crippen LogP contribution in [0.1, 0.15) is 140 Å². The number of benzene rings is 6. The number of furan rings is 1. The van der Waals surface area contributed by atoms with E-state index in [-0.39, 0.29) is 33.8 Å². The first-order chi connectivity index (χ1) is 30.7. The monoisotopic (exact) mass is 832 g/mol. The molecule has 1 aliphatic carbocycles. The van der Waals surface area contributed by atoms with E-state index in [0.717, 1.165) is 80.2 Å². The molecule has 7 aromatic rings. The molecule has 10 rings (SSSR count). The molecule has 63 heavy (non-hydrogen) atoms. The van der Waals surface area contributed by atoms with Gasteiger partial charge in [0, 0.05) is 37.8 Å². The Kier molecular flexibility index (Phi) is 8.31. The molecule has 0 N–H and O–H groups in total. The van der Waals surface area contributed by atoms with Crippen molar-refractivity contribution in [1.82, 2.24) is 0 Å². The summed E-state index contributed by atoms with van der Waals surface area (Å²) >= 11 is 0. The molecule has 3 heterocycles. The summed E-state index contributed by atoms with van der Waals surface area (Å²) in [6, 6.07) is 42.0. The average molecular weight is 832 g/mol. The second-order valence-corrected chi connectivity index (χ2v) is 23.2. The highest BCUT2D eigenvalue weighted by Crippen LogP contribution is 2.53. The van der Waals surface area contributed by atoms with Gasteiger partial charge in [-0.2, -0.15) is 0 Å². The van der Waals surface area contributed by atoms with Crippen LogP contribution in [0.4, 0.5) is 34.1 Å². The van der Waals surface area contributed by atoms with Gasteiger partial charge in [0.15, 0.2) is 0 Å². The molecule has 0 saturated carbocycles. The first-order valence-corrected chi connectivity index (χ1v) is 23.1. The maximum atomic E-state index is 9.13. The van der Waals surface area contributed by atoms with Crippen LogP contribution in [0.3, 0.4) is 0 Å². The van der Waals surface area contributed by atoms with Crippen LogP contribution >= 0.6 is 0 Å². The molecule has 0 saturated heterocycles. The summed E-state index contributed by atoms with van der Waals surface area (Å²) in [7, 11) is 0. The van der Waals surface area contributed by atoms with Crippen LogP contribution in [0.25, 0.3) is 22.1 Å². The summed E-state index contributed by atoms with van der Waals surface area (Å²) in [5.41, 5.74) is 18.2. The van der Waals surface area contributed by atoms with Crippen molar-refractivity contribution < 1.29 is 8.53 Å². The van der Waals surface area contributed by atoms with Crippen molar-refractivity contribution in [2.24, 2.45) is 0 Å². The maximum Gasteiger partial charge on any atom is 0.297 e. The lowest BCUT2D eigenvalue weighted by Crippen LogP contribution is -2.61. The van der Waals surface area contributed by atoms with Crippen molar-refractivity contribution >= 4 is 68.4 Å². The van der Waals surface area contributed by atoms with Crippen molar-refractivity contribution in [2.75, 3.05) is 9.80 Å². The molecule has 2 aliphatic heterocycles. The molecule has 0 unspecified atom stereocenters.